The fourth-order valence-electron chi connectivity index (χ4n) is 2.74. The number of thioether (sulfide) groups is 1. The normalized spacial score (nSPS) is 27.2. The Bertz CT molecular complexity index is 365. The van der Waals surface area contributed by atoms with E-state index in [4.69, 9.17) is 9.47 Å². The lowest BCUT2D eigenvalue weighted by atomic mass is 10.2. The molecule has 2 heterocycles. The number of rotatable bonds is 4. The lowest BCUT2D eigenvalue weighted by Gasteiger charge is -2.35. The molecule has 1 amide bonds. The predicted octanol–water partition coefficient (Wildman–Crippen LogP) is 2.45. The Kier molecular flexibility index (Phi) is 6.41. The molecular formula is C16H30N2O3S. The molecule has 0 aromatic carbocycles. The molecule has 2 rings (SSSR count). The number of carbonyl (C=O) groups excluding carboxylic acids is 1. The molecule has 2 fully saturated rings. The van der Waals surface area contributed by atoms with Crippen molar-refractivity contribution in [3.63, 3.8) is 0 Å². The van der Waals surface area contributed by atoms with Gasteiger partial charge in [0.2, 0.25) is 0 Å². The van der Waals surface area contributed by atoms with Crippen LogP contribution >= 0.6 is 11.8 Å². The van der Waals surface area contributed by atoms with Crippen LogP contribution in [0, 0.1) is 0 Å². The van der Waals surface area contributed by atoms with Gasteiger partial charge in [-0.1, -0.05) is 0 Å². The van der Waals surface area contributed by atoms with E-state index in [9.17, 15) is 4.79 Å². The van der Waals surface area contributed by atoms with E-state index in [2.05, 4.69) is 11.8 Å². The molecule has 128 valence electrons. The molecule has 0 aliphatic carbocycles. The second-order valence-electron chi connectivity index (χ2n) is 7.08. The third kappa shape index (κ3) is 5.63. The second kappa shape index (κ2) is 7.88. The minimum absolute atomic E-state index is 0.182. The minimum atomic E-state index is -0.412. The number of ether oxygens (including phenoxy) is 2. The Morgan fingerprint density at radius 3 is 2.50 bits per heavy atom. The van der Waals surface area contributed by atoms with Gasteiger partial charge in [-0.3, -0.25) is 4.90 Å². The Balaban J connectivity index is 1.61. The van der Waals surface area contributed by atoms with Crippen LogP contribution in [0.1, 0.15) is 34.1 Å². The molecule has 0 N–H and O–H groups in total. The standard InChI is InChI=1S/C16H30N2O3S/c1-13-14(5-11-20-13)22-12-10-17-6-8-18(9-7-17)15(19)21-16(2,3)4/h13-14H,5-12H2,1-4H3/t13-,14-/m0/s1. The van der Waals surface area contributed by atoms with Gasteiger partial charge in [0.1, 0.15) is 5.60 Å². The number of carbonyl (C=O) groups is 1. The summed E-state index contributed by atoms with van der Waals surface area (Å²) < 4.78 is 11.0. The largest absolute Gasteiger partial charge is 0.444 e. The molecule has 2 aliphatic rings. The van der Waals surface area contributed by atoms with E-state index in [0.717, 1.165) is 45.1 Å². The van der Waals surface area contributed by atoms with Gasteiger partial charge in [-0.25, -0.2) is 4.79 Å². The van der Waals surface area contributed by atoms with E-state index in [1.165, 1.54) is 6.42 Å². The van der Waals surface area contributed by atoms with Crippen molar-refractivity contribution in [1.29, 1.82) is 0 Å². The van der Waals surface area contributed by atoms with Gasteiger partial charge in [0.15, 0.2) is 0 Å². The van der Waals surface area contributed by atoms with Gasteiger partial charge < -0.3 is 14.4 Å². The van der Waals surface area contributed by atoms with Crippen molar-refractivity contribution in [2.75, 3.05) is 45.1 Å². The molecule has 2 saturated heterocycles. The molecule has 2 aliphatic heterocycles. The first-order valence-electron chi connectivity index (χ1n) is 8.28. The van der Waals surface area contributed by atoms with Crippen molar-refractivity contribution in [1.82, 2.24) is 9.80 Å². The molecular weight excluding hydrogens is 300 g/mol. The first-order valence-corrected chi connectivity index (χ1v) is 9.33. The average molecular weight is 330 g/mol. The van der Waals surface area contributed by atoms with E-state index < -0.39 is 5.60 Å². The first kappa shape index (κ1) is 17.9. The van der Waals surface area contributed by atoms with Crippen molar-refractivity contribution in [3.8, 4) is 0 Å². The summed E-state index contributed by atoms with van der Waals surface area (Å²) >= 11 is 2.03. The van der Waals surface area contributed by atoms with Crippen LogP contribution in [-0.4, -0.2) is 77.9 Å². The summed E-state index contributed by atoms with van der Waals surface area (Å²) in [5.41, 5.74) is -0.412. The van der Waals surface area contributed by atoms with Gasteiger partial charge in [0, 0.05) is 50.3 Å². The zero-order chi connectivity index (χ0) is 16.2. The maximum Gasteiger partial charge on any atom is 0.410 e. The molecule has 6 heteroatoms. The minimum Gasteiger partial charge on any atom is -0.444 e. The predicted molar refractivity (Wildman–Crippen MR) is 90.5 cm³/mol. The third-order valence-electron chi connectivity index (χ3n) is 4.07. The second-order valence-corrected chi connectivity index (χ2v) is 8.43. The Morgan fingerprint density at radius 2 is 1.95 bits per heavy atom. The highest BCUT2D eigenvalue weighted by molar-refractivity contribution is 8.00. The smallest absolute Gasteiger partial charge is 0.410 e. The maximum absolute atomic E-state index is 12.0. The SMILES string of the molecule is C[C@@H]1OCC[C@@H]1SCCN1CCN(C(=O)OC(C)(C)C)CC1. The van der Waals surface area contributed by atoms with Gasteiger partial charge >= 0.3 is 6.09 Å². The summed E-state index contributed by atoms with van der Waals surface area (Å²) in [6, 6.07) is 0. The summed E-state index contributed by atoms with van der Waals surface area (Å²) in [5.74, 6) is 1.14. The van der Waals surface area contributed by atoms with Crippen molar-refractivity contribution < 1.29 is 14.3 Å². The highest BCUT2D eigenvalue weighted by Crippen LogP contribution is 2.26. The van der Waals surface area contributed by atoms with Gasteiger partial charge in [-0.2, -0.15) is 11.8 Å². The van der Waals surface area contributed by atoms with Gasteiger partial charge in [-0.15, -0.1) is 0 Å². The molecule has 2 atom stereocenters. The Morgan fingerprint density at radius 1 is 1.27 bits per heavy atom. The molecule has 0 aromatic rings. The number of amides is 1. The fourth-order valence-corrected chi connectivity index (χ4v) is 4.02. The molecule has 22 heavy (non-hydrogen) atoms. The van der Waals surface area contributed by atoms with E-state index in [-0.39, 0.29) is 6.09 Å². The summed E-state index contributed by atoms with van der Waals surface area (Å²) in [6.07, 6.45) is 1.39. The lowest BCUT2D eigenvalue weighted by Crippen LogP contribution is -2.50. The molecule has 0 saturated carbocycles. The maximum atomic E-state index is 12.0. The summed E-state index contributed by atoms with van der Waals surface area (Å²) in [5, 5.41) is 0.656. The Hall–Kier alpha value is -0.460. The molecule has 0 aromatic heterocycles. The molecule has 0 unspecified atom stereocenters. The van der Waals surface area contributed by atoms with Crippen LogP contribution in [0.15, 0.2) is 0 Å². The molecule has 0 spiro atoms. The zero-order valence-electron chi connectivity index (χ0n) is 14.3. The third-order valence-corrected chi connectivity index (χ3v) is 5.54. The topological polar surface area (TPSA) is 42.0 Å². The van der Waals surface area contributed by atoms with Gasteiger partial charge in [0.25, 0.3) is 0 Å². The van der Waals surface area contributed by atoms with E-state index >= 15 is 0 Å². The fraction of sp³-hybridized carbons (Fsp3) is 0.938. The summed E-state index contributed by atoms with van der Waals surface area (Å²) in [7, 11) is 0. The monoisotopic (exact) mass is 330 g/mol. The summed E-state index contributed by atoms with van der Waals surface area (Å²) in [6.45, 7) is 13.3. The first-order chi connectivity index (χ1) is 10.3. The van der Waals surface area contributed by atoms with Crippen molar-refractivity contribution in [3.05, 3.63) is 0 Å². The molecule has 0 radical (unpaired) electrons. The zero-order valence-corrected chi connectivity index (χ0v) is 15.2. The van der Waals surface area contributed by atoms with Crippen LogP contribution in [0.5, 0.6) is 0 Å². The van der Waals surface area contributed by atoms with Crippen molar-refractivity contribution >= 4 is 17.9 Å². The van der Waals surface area contributed by atoms with Crippen molar-refractivity contribution in [2.24, 2.45) is 0 Å². The quantitative estimate of drug-likeness (QED) is 0.792. The number of hydrogen-bond acceptors (Lipinski definition) is 5. The van der Waals surface area contributed by atoms with Crippen molar-refractivity contribution in [2.45, 2.75) is 51.1 Å². The Labute approximate surface area is 138 Å². The van der Waals surface area contributed by atoms with Crippen LogP contribution in [0.25, 0.3) is 0 Å². The van der Waals surface area contributed by atoms with E-state index in [0.29, 0.717) is 11.4 Å². The number of piperazine rings is 1. The highest BCUT2D eigenvalue weighted by atomic mass is 32.2. The van der Waals surface area contributed by atoms with Crippen LogP contribution in [0.2, 0.25) is 0 Å². The van der Waals surface area contributed by atoms with Gasteiger partial charge in [-0.05, 0) is 34.1 Å². The van der Waals surface area contributed by atoms with Crippen LogP contribution in [0.4, 0.5) is 4.79 Å². The summed E-state index contributed by atoms with van der Waals surface area (Å²) in [4.78, 5) is 16.3. The number of nitrogens with zero attached hydrogens (tertiary/aromatic N) is 2. The van der Waals surface area contributed by atoms with Crippen LogP contribution in [-0.2, 0) is 9.47 Å². The van der Waals surface area contributed by atoms with E-state index in [1.54, 1.807) is 0 Å². The molecule has 0 bridgehead atoms. The van der Waals surface area contributed by atoms with Crippen LogP contribution < -0.4 is 0 Å². The molecule has 5 nitrogen and oxygen atoms in total. The van der Waals surface area contributed by atoms with E-state index in [1.807, 2.05) is 37.4 Å². The highest BCUT2D eigenvalue weighted by Gasteiger charge is 2.27. The lowest BCUT2D eigenvalue weighted by molar-refractivity contribution is 0.0150. The number of hydrogen-bond donors (Lipinski definition) is 0. The van der Waals surface area contributed by atoms with Gasteiger partial charge in [0.05, 0.1) is 6.10 Å². The average Bonchev–Trinajstić information content (AvgIpc) is 2.83. The van der Waals surface area contributed by atoms with Crippen LogP contribution in [0.3, 0.4) is 0 Å².